The third-order valence-corrected chi connectivity index (χ3v) is 3.81. The Labute approximate surface area is 118 Å². The van der Waals surface area contributed by atoms with Crippen LogP contribution in [0.1, 0.15) is 5.56 Å². The van der Waals surface area contributed by atoms with E-state index in [2.05, 4.69) is 4.18 Å². The SMILES string of the molecule is O=S(=O)(Oc1ccc(O)cc1)c1ccccc1C(F)(F)F. The molecule has 112 valence electrons. The predicted molar refractivity (Wildman–Crippen MR) is 67.4 cm³/mol. The highest BCUT2D eigenvalue weighted by molar-refractivity contribution is 7.87. The lowest BCUT2D eigenvalue weighted by molar-refractivity contribution is -0.139. The smallest absolute Gasteiger partial charge is 0.417 e. The average molecular weight is 318 g/mol. The van der Waals surface area contributed by atoms with Crippen molar-refractivity contribution >= 4 is 10.1 Å². The predicted octanol–water partition coefficient (Wildman–Crippen LogP) is 3.18. The first kappa shape index (κ1) is 15.2. The molecule has 0 unspecified atom stereocenters. The van der Waals surface area contributed by atoms with E-state index in [9.17, 15) is 21.6 Å². The lowest BCUT2D eigenvalue weighted by Gasteiger charge is -2.13. The molecule has 4 nitrogen and oxygen atoms in total. The van der Waals surface area contributed by atoms with Crippen LogP contribution in [0.2, 0.25) is 0 Å². The molecule has 0 heterocycles. The molecular formula is C13H9F3O4S. The monoisotopic (exact) mass is 318 g/mol. The lowest BCUT2D eigenvalue weighted by Crippen LogP contribution is -2.17. The van der Waals surface area contributed by atoms with E-state index in [1.54, 1.807) is 0 Å². The van der Waals surface area contributed by atoms with Crippen molar-refractivity contribution in [1.29, 1.82) is 0 Å². The molecule has 0 fully saturated rings. The first-order chi connectivity index (χ1) is 9.70. The van der Waals surface area contributed by atoms with Gasteiger partial charge < -0.3 is 9.29 Å². The summed E-state index contributed by atoms with van der Waals surface area (Å²) in [5.74, 6) is -0.333. The van der Waals surface area contributed by atoms with Crippen molar-refractivity contribution in [3.8, 4) is 11.5 Å². The highest BCUT2D eigenvalue weighted by Crippen LogP contribution is 2.35. The van der Waals surface area contributed by atoms with Gasteiger partial charge in [-0.2, -0.15) is 21.6 Å². The van der Waals surface area contributed by atoms with Crippen molar-refractivity contribution in [1.82, 2.24) is 0 Å². The fraction of sp³-hybridized carbons (Fsp3) is 0.0769. The zero-order valence-electron chi connectivity index (χ0n) is 10.3. The summed E-state index contributed by atoms with van der Waals surface area (Å²) in [5, 5.41) is 9.07. The Hall–Kier alpha value is -2.22. The molecule has 2 aromatic rings. The van der Waals surface area contributed by atoms with Gasteiger partial charge in [-0.3, -0.25) is 0 Å². The maximum absolute atomic E-state index is 12.8. The molecule has 0 aliphatic rings. The van der Waals surface area contributed by atoms with Gasteiger partial charge in [-0.15, -0.1) is 0 Å². The van der Waals surface area contributed by atoms with Crippen LogP contribution in [-0.4, -0.2) is 13.5 Å². The minimum atomic E-state index is -4.82. The van der Waals surface area contributed by atoms with Crippen molar-refractivity contribution in [2.24, 2.45) is 0 Å². The van der Waals surface area contributed by atoms with E-state index in [-0.39, 0.29) is 11.5 Å². The molecule has 2 aromatic carbocycles. The second-order valence-corrected chi connectivity index (χ2v) is 5.54. The van der Waals surface area contributed by atoms with Gasteiger partial charge in [0.15, 0.2) is 0 Å². The number of halogens is 3. The maximum atomic E-state index is 12.8. The largest absolute Gasteiger partial charge is 0.508 e. The molecule has 0 saturated carbocycles. The molecule has 0 aliphatic heterocycles. The van der Waals surface area contributed by atoms with E-state index < -0.39 is 26.8 Å². The molecule has 0 amide bonds. The number of hydrogen-bond acceptors (Lipinski definition) is 4. The van der Waals surface area contributed by atoms with Crippen LogP contribution in [0.25, 0.3) is 0 Å². The Morgan fingerprint density at radius 2 is 1.52 bits per heavy atom. The number of phenols is 1. The van der Waals surface area contributed by atoms with Crippen LogP contribution in [0.15, 0.2) is 53.4 Å². The molecule has 2 rings (SSSR count). The molecule has 0 bridgehead atoms. The van der Waals surface area contributed by atoms with Crippen molar-refractivity contribution in [3.63, 3.8) is 0 Å². The number of hydrogen-bond donors (Lipinski definition) is 1. The highest BCUT2D eigenvalue weighted by atomic mass is 32.2. The molecule has 0 atom stereocenters. The molecule has 0 spiro atoms. The van der Waals surface area contributed by atoms with E-state index >= 15 is 0 Å². The number of alkyl halides is 3. The Balaban J connectivity index is 2.43. The summed E-state index contributed by atoms with van der Waals surface area (Å²) in [4.78, 5) is -0.967. The summed E-state index contributed by atoms with van der Waals surface area (Å²) in [6, 6.07) is 8.30. The minimum Gasteiger partial charge on any atom is -0.508 e. The molecule has 0 saturated heterocycles. The quantitative estimate of drug-likeness (QED) is 0.883. The van der Waals surface area contributed by atoms with Gasteiger partial charge in [-0.1, -0.05) is 12.1 Å². The highest BCUT2D eigenvalue weighted by Gasteiger charge is 2.37. The number of phenolic OH excluding ortho intramolecular Hbond substituents is 1. The van der Waals surface area contributed by atoms with E-state index in [4.69, 9.17) is 5.11 Å². The third kappa shape index (κ3) is 3.46. The van der Waals surface area contributed by atoms with E-state index in [1.807, 2.05) is 0 Å². The molecule has 0 aliphatic carbocycles. The third-order valence-electron chi connectivity index (χ3n) is 2.50. The van der Waals surface area contributed by atoms with Crippen LogP contribution >= 0.6 is 0 Å². The summed E-state index contributed by atoms with van der Waals surface area (Å²) < 4.78 is 67.0. The minimum absolute atomic E-state index is 0.129. The topological polar surface area (TPSA) is 63.6 Å². The van der Waals surface area contributed by atoms with Gasteiger partial charge in [0.1, 0.15) is 16.4 Å². The summed E-state index contributed by atoms with van der Waals surface area (Å²) in [6.07, 6.45) is -4.82. The van der Waals surface area contributed by atoms with Gasteiger partial charge in [0.2, 0.25) is 0 Å². The molecule has 0 radical (unpaired) electrons. The van der Waals surface area contributed by atoms with E-state index in [0.29, 0.717) is 6.07 Å². The molecule has 21 heavy (non-hydrogen) atoms. The maximum Gasteiger partial charge on any atom is 0.417 e. The number of benzene rings is 2. The first-order valence-corrected chi connectivity index (χ1v) is 7.01. The van der Waals surface area contributed by atoms with Gasteiger partial charge in [0, 0.05) is 0 Å². The normalized spacial score (nSPS) is 12.1. The molecule has 1 N–H and O–H groups in total. The molecule has 8 heteroatoms. The number of aromatic hydroxyl groups is 1. The molecular weight excluding hydrogens is 309 g/mol. The first-order valence-electron chi connectivity index (χ1n) is 5.60. The van der Waals surface area contributed by atoms with Crippen molar-refractivity contribution < 1.29 is 30.9 Å². The van der Waals surface area contributed by atoms with Crippen molar-refractivity contribution in [3.05, 3.63) is 54.1 Å². The summed E-state index contributed by atoms with van der Waals surface area (Å²) in [5.41, 5.74) is -1.30. The fourth-order valence-corrected chi connectivity index (χ4v) is 2.74. The Bertz CT molecular complexity index is 737. The standard InChI is InChI=1S/C13H9F3O4S/c14-13(15,16)11-3-1-2-4-12(11)21(18,19)20-10-7-5-9(17)6-8-10/h1-8,17H. The second-order valence-electron chi connectivity index (χ2n) is 4.03. The van der Waals surface area contributed by atoms with Crippen LogP contribution in [0.3, 0.4) is 0 Å². The zero-order chi connectivity index (χ0) is 15.7. The van der Waals surface area contributed by atoms with Crippen LogP contribution < -0.4 is 4.18 Å². The summed E-state index contributed by atoms with van der Waals surface area (Å²) in [6.45, 7) is 0. The Morgan fingerprint density at radius 3 is 2.10 bits per heavy atom. The fourth-order valence-electron chi connectivity index (χ4n) is 1.59. The lowest BCUT2D eigenvalue weighted by atomic mass is 10.2. The number of rotatable bonds is 3. The summed E-state index contributed by atoms with van der Waals surface area (Å²) in [7, 11) is -4.64. The Kier molecular flexibility index (Phi) is 3.82. The van der Waals surface area contributed by atoms with Crippen LogP contribution in [-0.2, 0) is 16.3 Å². The zero-order valence-corrected chi connectivity index (χ0v) is 11.1. The summed E-state index contributed by atoms with van der Waals surface area (Å²) >= 11 is 0. The van der Waals surface area contributed by atoms with Crippen LogP contribution in [0, 0.1) is 0 Å². The van der Waals surface area contributed by atoms with E-state index in [1.165, 1.54) is 6.07 Å². The van der Waals surface area contributed by atoms with Gasteiger partial charge in [-0.25, -0.2) is 0 Å². The van der Waals surface area contributed by atoms with Gasteiger partial charge in [-0.05, 0) is 36.4 Å². The van der Waals surface area contributed by atoms with Crippen molar-refractivity contribution in [2.45, 2.75) is 11.1 Å². The second kappa shape index (κ2) is 5.28. The Morgan fingerprint density at radius 1 is 0.952 bits per heavy atom. The van der Waals surface area contributed by atoms with Gasteiger partial charge in [0.05, 0.1) is 5.56 Å². The molecule has 0 aromatic heterocycles. The van der Waals surface area contributed by atoms with Crippen molar-refractivity contribution in [2.75, 3.05) is 0 Å². The average Bonchev–Trinajstić information content (AvgIpc) is 2.40. The van der Waals surface area contributed by atoms with E-state index in [0.717, 1.165) is 36.4 Å². The van der Waals surface area contributed by atoms with Gasteiger partial charge in [0.25, 0.3) is 0 Å². The van der Waals surface area contributed by atoms with Crippen LogP contribution in [0.5, 0.6) is 11.5 Å². The van der Waals surface area contributed by atoms with Crippen LogP contribution in [0.4, 0.5) is 13.2 Å². The van der Waals surface area contributed by atoms with Gasteiger partial charge >= 0.3 is 16.3 Å².